The molecule has 4 nitrogen and oxygen atoms in total. The van der Waals surface area contributed by atoms with Crippen LogP contribution in [0, 0.1) is 11.6 Å². The molecule has 2 rings (SSSR count). The molecule has 0 amide bonds. The third kappa shape index (κ3) is 3.58. The lowest BCUT2D eigenvalue weighted by molar-refractivity contribution is 0.162. The van der Waals surface area contributed by atoms with Crippen LogP contribution in [0.25, 0.3) is 0 Å². The van der Waals surface area contributed by atoms with Crippen LogP contribution in [0.3, 0.4) is 0 Å². The minimum Gasteiger partial charge on any atom is -0.493 e. The van der Waals surface area contributed by atoms with E-state index in [-0.39, 0.29) is 6.42 Å². The van der Waals surface area contributed by atoms with Gasteiger partial charge in [-0.05, 0) is 24.1 Å². The van der Waals surface area contributed by atoms with Crippen molar-refractivity contribution in [2.45, 2.75) is 32.4 Å². The zero-order valence-corrected chi connectivity index (χ0v) is 12.0. The van der Waals surface area contributed by atoms with Crippen molar-refractivity contribution in [3.05, 3.63) is 47.3 Å². The second-order valence-electron chi connectivity index (χ2n) is 4.82. The summed E-state index contributed by atoms with van der Waals surface area (Å²) in [5, 5.41) is 14.5. The Hall–Kier alpha value is -1.95. The Balaban J connectivity index is 2.26. The molecule has 1 atom stereocenters. The van der Waals surface area contributed by atoms with E-state index in [2.05, 4.69) is 5.10 Å². The molecule has 0 fully saturated rings. The van der Waals surface area contributed by atoms with Gasteiger partial charge in [0.05, 0.1) is 13.3 Å². The lowest BCUT2D eigenvalue weighted by Crippen LogP contribution is -2.12. The standard InChI is InChI=1S/C15H18F2N2O2/c1-3-4-19-15(14(21-2)9-18-19)13(20)7-10-5-11(16)8-12(17)6-10/h5-6,8-9,13,20H,3-4,7H2,1-2H3. The highest BCUT2D eigenvalue weighted by Crippen LogP contribution is 2.28. The number of hydrogen-bond acceptors (Lipinski definition) is 3. The molecule has 0 saturated carbocycles. The molecule has 0 saturated heterocycles. The maximum Gasteiger partial charge on any atom is 0.162 e. The topological polar surface area (TPSA) is 47.3 Å². The van der Waals surface area contributed by atoms with Gasteiger partial charge in [-0.15, -0.1) is 0 Å². The van der Waals surface area contributed by atoms with E-state index in [9.17, 15) is 13.9 Å². The van der Waals surface area contributed by atoms with Crippen LogP contribution in [0.4, 0.5) is 8.78 Å². The summed E-state index contributed by atoms with van der Waals surface area (Å²) in [6, 6.07) is 3.22. The summed E-state index contributed by atoms with van der Waals surface area (Å²) in [4.78, 5) is 0. The van der Waals surface area contributed by atoms with E-state index in [1.54, 1.807) is 4.68 Å². The van der Waals surface area contributed by atoms with E-state index >= 15 is 0 Å². The van der Waals surface area contributed by atoms with Gasteiger partial charge in [0.2, 0.25) is 0 Å². The molecule has 1 N–H and O–H groups in total. The van der Waals surface area contributed by atoms with E-state index in [0.29, 0.717) is 23.6 Å². The maximum absolute atomic E-state index is 13.2. The van der Waals surface area contributed by atoms with Crippen molar-refractivity contribution in [3.63, 3.8) is 0 Å². The molecule has 1 aromatic heterocycles. The first kappa shape index (κ1) is 15.4. The Morgan fingerprint density at radius 3 is 2.52 bits per heavy atom. The minimum atomic E-state index is -0.949. The van der Waals surface area contributed by atoms with Gasteiger partial charge in [-0.2, -0.15) is 5.10 Å². The van der Waals surface area contributed by atoms with Gasteiger partial charge < -0.3 is 9.84 Å². The van der Waals surface area contributed by atoms with Crippen LogP contribution < -0.4 is 4.74 Å². The largest absolute Gasteiger partial charge is 0.493 e. The summed E-state index contributed by atoms with van der Waals surface area (Å²) in [5.41, 5.74) is 0.898. The fourth-order valence-corrected chi connectivity index (χ4v) is 2.31. The molecular formula is C15H18F2N2O2. The molecular weight excluding hydrogens is 278 g/mol. The lowest BCUT2D eigenvalue weighted by atomic mass is 10.0. The number of rotatable bonds is 6. The molecule has 21 heavy (non-hydrogen) atoms. The fraction of sp³-hybridized carbons (Fsp3) is 0.400. The number of hydrogen-bond donors (Lipinski definition) is 1. The summed E-state index contributed by atoms with van der Waals surface area (Å²) in [6.07, 6.45) is 1.51. The monoisotopic (exact) mass is 296 g/mol. The van der Waals surface area contributed by atoms with E-state index in [1.807, 2.05) is 6.92 Å². The Labute approximate surface area is 122 Å². The van der Waals surface area contributed by atoms with Gasteiger partial charge in [-0.3, -0.25) is 4.68 Å². The normalized spacial score (nSPS) is 12.4. The summed E-state index contributed by atoms with van der Waals surface area (Å²) in [6.45, 7) is 2.62. The highest BCUT2D eigenvalue weighted by Gasteiger charge is 2.20. The van der Waals surface area contributed by atoms with Crippen LogP contribution >= 0.6 is 0 Å². The molecule has 1 heterocycles. The predicted octanol–water partition coefficient (Wildman–Crippen LogP) is 2.86. The number of halogens is 2. The van der Waals surface area contributed by atoms with Crippen molar-refractivity contribution >= 4 is 0 Å². The predicted molar refractivity (Wildman–Crippen MR) is 74.1 cm³/mol. The number of aliphatic hydroxyl groups excluding tert-OH is 1. The molecule has 0 radical (unpaired) electrons. The second-order valence-corrected chi connectivity index (χ2v) is 4.82. The molecule has 0 aliphatic carbocycles. The zero-order valence-electron chi connectivity index (χ0n) is 12.0. The Bertz CT molecular complexity index is 593. The average molecular weight is 296 g/mol. The van der Waals surface area contributed by atoms with Crippen LogP contribution in [0.5, 0.6) is 5.75 Å². The van der Waals surface area contributed by atoms with Gasteiger partial charge in [0, 0.05) is 19.0 Å². The number of benzene rings is 1. The van der Waals surface area contributed by atoms with Crippen LogP contribution in [0.15, 0.2) is 24.4 Å². The number of nitrogens with zero attached hydrogens (tertiary/aromatic N) is 2. The molecule has 0 aliphatic rings. The number of aryl methyl sites for hydroxylation is 1. The van der Waals surface area contributed by atoms with E-state index in [0.717, 1.165) is 12.5 Å². The van der Waals surface area contributed by atoms with Gasteiger partial charge >= 0.3 is 0 Å². The van der Waals surface area contributed by atoms with Crippen LogP contribution in [0.1, 0.15) is 30.7 Å². The Morgan fingerprint density at radius 1 is 1.29 bits per heavy atom. The van der Waals surface area contributed by atoms with Crippen molar-refractivity contribution in [2.24, 2.45) is 0 Å². The summed E-state index contributed by atoms with van der Waals surface area (Å²) >= 11 is 0. The molecule has 0 spiro atoms. The van der Waals surface area contributed by atoms with Crippen molar-refractivity contribution < 1.29 is 18.6 Å². The van der Waals surface area contributed by atoms with Gasteiger partial charge in [0.25, 0.3) is 0 Å². The number of aromatic nitrogens is 2. The summed E-state index contributed by atoms with van der Waals surface area (Å²) < 4.78 is 33.2. The molecule has 6 heteroatoms. The average Bonchev–Trinajstić information content (AvgIpc) is 2.80. The lowest BCUT2D eigenvalue weighted by Gasteiger charge is -2.15. The molecule has 0 aliphatic heterocycles. The van der Waals surface area contributed by atoms with E-state index < -0.39 is 17.7 Å². The fourth-order valence-electron chi connectivity index (χ4n) is 2.31. The highest BCUT2D eigenvalue weighted by molar-refractivity contribution is 5.29. The number of aliphatic hydroxyl groups is 1. The summed E-state index contributed by atoms with van der Waals surface area (Å²) in [7, 11) is 1.49. The number of methoxy groups -OCH3 is 1. The van der Waals surface area contributed by atoms with E-state index in [4.69, 9.17) is 4.74 Å². The number of ether oxygens (including phenoxy) is 1. The Morgan fingerprint density at radius 2 is 1.95 bits per heavy atom. The second kappa shape index (κ2) is 6.67. The summed E-state index contributed by atoms with van der Waals surface area (Å²) in [5.74, 6) is -0.856. The third-order valence-electron chi connectivity index (χ3n) is 3.17. The first-order valence-corrected chi connectivity index (χ1v) is 6.77. The highest BCUT2D eigenvalue weighted by atomic mass is 19.1. The quantitative estimate of drug-likeness (QED) is 0.891. The van der Waals surface area contributed by atoms with Crippen molar-refractivity contribution in [2.75, 3.05) is 7.11 Å². The maximum atomic E-state index is 13.2. The molecule has 114 valence electrons. The van der Waals surface area contributed by atoms with Crippen LogP contribution in [-0.4, -0.2) is 22.0 Å². The van der Waals surface area contributed by atoms with E-state index in [1.165, 1.54) is 25.4 Å². The minimum absolute atomic E-state index is 0.0838. The van der Waals surface area contributed by atoms with Crippen molar-refractivity contribution in [1.82, 2.24) is 9.78 Å². The van der Waals surface area contributed by atoms with Crippen molar-refractivity contribution in [1.29, 1.82) is 0 Å². The molecule has 1 aromatic carbocycles. The molecule has 2 aromatic rings. The SMILES string of the molecule is CCCn1ncc(OC)c1C(O)Cc1cc(F)cc(F)c1. The van der Waals surface area contributed by atoms with Gasteiger partial charge in [-0.25, -0.2) is 8.78 Å². The molecule has 1 unspecified atom stereocenters. The smallest absolute Gasteiger partial charge is 0.162 e. The Kier molecular flexibility index (Phi) is 4.90. The van der Waals surface area contributed by atoms with Crippen molar-refractivity contribution in [3.8, 4) is 5.75 Å². The van der Waals surface area contributed by atoms with Gasteiger partial charge in [-0.1, -0.05) is 6.92 Å². The first-order chi connectivity index (χ1) is 10.0. The van der Waals surface area contributed by atoms with Gasteiger partial charge in [0.1, 0.15) is 23.4 Å². The third-order valence-corrected chi connectivity index (χ3v) is 3.17. The van der Waals surface area contributed by atoms with Gasteiger partial charge in [0.15, 0.2) is 5.75 Å². The first-order valence-electron chi connectivity index (χ1n) is 6.77. The zero-order chi connectivity index (χ0) is 15.4. The molecule has 0 bridgehead atoms. The van der Waals surface area contributed by atoms with Crippen LogP contribution in [0.2, 0.25) is 0 Å². The van der Waals surface area contributed by atoms with Crippen LogP contribution in [-0.2, 0) is 13.0 Å².